The van der Waals surface area contributed by atoms with Crippen LogP contribution in [-0.4, -0.2) is 10.1 Å². The maximum atomic E-state index is 10.4. The smallest absolute Gasteiger partial charge is 0.113 e. The molecule has 0 aliphatic carbocycles. The van der Waals surface area contributed by atoms with E-state index in [9.17, 15) is 5.11 Å². The summed E-state index contributed by atoms with van der Waals surface area (Å²) < 4.78 is 0. The van der Waals surface area contributed by atoms with Crippen LogP contribution in [-0.2, 0) is 0 Å². The Balaban J connectivity index is 2.03. The van der Waals surface area contributed by atoms with Crippen molar-refractivity contribution < 1.29 is 5.11 Å². The Bertz CT molecular complexity index is 732. The summed E-state index contributed by atoms with van der Waals surface area (Å²) in [4.78, 5) is 6.67. The third-order valence-corrected chi connectivity index (χ3v) is 4.25. The third-order valence-electron chi connectivity index (χ3n) is 3.20. The molecular weight excluding hydrogens is 254 g/mol. The largest absolute Gasteiger partial charge is 0.383 e. The van der Waals surface area contributed by atoms with Crippen molar-refractivity contribution in [2.24, 2.45) is 0 Å². The van der Waals surface area contributed by atoms with Crippen LogP contribution >= 0.6 is 11.3 Å². The lowest BCUT2D eigenvalue weighted by atomic mass is 10.0. The molecule has 1 unspecified atom stereocenters. The second-order valence-electron chi connectivity index (χ2n) is 4.76. The van der Waals surface area contributed by atoms with Crippen LogP contribution in [0.3, 0.4) is 0 Å². The minimum absolute atomic E-state index is 0.551. The molecule has 2 nitrogen and oxygen atoms in total. The molecule has 1 atom stereocenters. The first-order valence-corrected chi connectivity index (χ1v) is 7.07. The first-order chi connectivity index (χ1) is 9.13. The standard InChI is InChI=1S/C16H15NOS/c1-10-3-5-12-9-13(6-7-14(12)17-10)16(18)15-8-4-11(2)19-15/h3-9,16,18H,1-2H3. The maximum Gasteiger partial charge on any atom is 0.113 e. The van der Waals surface area contributed by atoms with Gasteiger partial charge in [0.05, 0.1) is 5.52 Å². The molecule has 0 spiro atoms. The Hall–Kier alpha value is -1.71. The van der Waals surface area contributed by atoms with E-state index in [2.05, 4.69) is 4.98 Å². The fourth-order valence-electron chi connectivity index (χ4n) is 2.18. The van der Waals surface area contributed by atoms with Crippen molar-refractivity contribution in [1.82, 2.24) is 4.98 Å². The van der Waals surface area contributed by atoms with Crippen molar-refractivity contribution in [3.63, 3.8) is 0 Å². The number of thiophene rings is 1. The summed E-state index contributed by atoms with van der Waals surface area (Å²) in [6, 6.07) is 14.0. The van der Waals surface area contributed by atoms with Gasteiger partial charge in [0.1, 0.15) is 6.10 Å². The minimum Gasteiger partial charge on any atom is -0.383 e. The molecule has 1 N–H and O–H groups in total. The topological polar surface area (TPSA) is 33.1 Å². The van der Waals surface area contributed by atoms with Gasteiger partial charge in [0.15, 0.2) is 0 Å². The monoisotopic (exact) mass is 269 g/mol. The number of aryl methyl sites for hydroxylation is 2. The van der Waals surface area contributed by atoms with E-state index in [1.54, 1.807) is 11.3 Å². The Labute approximate surface area is 116 Å². The summed E-state index contributed by atoms with van der Waals surface area (Å²) >= 11 is 1.63. The molecule has 3 heteroatoms. The van der Waals surface area contributed by atoms with Crippen LogP contribution in [0.4, 0.5) is 0 Å². The van der Waals surface area contributed by atoms with Crippen LogP contribution in [0.2, 0.25) is 0 Å². The van der Waals surface area contributed by atoms with E-state index in [-0.39, 0.29) is 0 Å². The highest BCUT2D eigenvalue weighted by atomic mass is 32.1. The molecule has 19 heavy (non-hydrogen) atoms. The predicted octanol–water partition coefficient (Wildman–Crippen LogP) is 3.99. The average Bonchev–Trinajstić information content (AvgIpc) is 2.84. The fraction of sp³-hybridized carbons (Fsp3) is 0.188. The quantitative estimate of drug-likeness (QED) is 0.763. The highest BCUT2D eigenvalue weighted by Crippen LogP contribution is 2.29. The van der Waals surface area contributed by atoms with Gasteiger partial charge in [-0.25, -0.2) is 0 Å². The van der Waals surface area contributed by atoms with Crippen molar-refractivity contribution in [2.75, 3.05) is 0 Å². The summed E-state index contributed by atoms with van der Waals surface area (Å²) in [5, 5.41) is 11.5. The SMILES string of the molecule is Cc1ccc2cc(C(O)c3ccc(C)s3)ccc2n1. The van der Waals surface area contributed by atoms with E-state index in [1.165, 1.54) is 4.88 Å². The highest BCUT2D eigenvalue weighted by Gasteiger charge is 2.12. The van der Waals surface area contributed by atoms with Crippen LogP contribution in [0, 0.1) is 13.8 Å². The number of rotatable bonds is 2. The number of hydrogen-bond acceptors (Lipinski definition) is 3. The molecule has 0 fully saturated rings. The van der Waals surface area contributed by atoms with E-state index < -0.39 is 6.10 Å². The Morgan fingerprint density at radius 3 is 2.63 bits per heavy atom. The van der Waals surface area contributed by atoms with E-state index in [0.717, 1.165) is 27.0 Å². The van der Waals surface area contributed by atoms with E-state index in [4.69, 9.17) is 0 Å². The van der Waals surface area contributed by atoms with Gasteiger partial charge in [-0.15, -0.1) is 11.3 Å². The molecule has 0 aliphatic rings. The van der Waals surface area contributed by atoms with Crippen LogP contribution in [0.5, 0.6) is 0 Å². The van der Waals surface area contributed by atoms with Crippen molar-refractivity contribution in [3.8, 4) is 0 Å². The number of fused-ring (bicyclic) bond motifs is 1. The van der Waals surface area contributed by atoms with Gasteiger partial charge in [0, 0.05) is 20.8 Å². The van der Waals surface area contributed by atoms with Gasteiger partial charge >= 0.3 is 0 Å². The summed E-state index contributed by atoms with van der Waals surface area (Å²) in [6.45, 7) is 4.03. The maximum absolute atomic E-state index is 10.4. The molecule has 1 aromatic carbocycles. The van der Waals surface area contributed by atoms with E-state index in [0.29, 0.717) is 0 Å². The summed E-state index contributed by atoms with van der Waals surface area (Å²) in [7, 11) is 0. The number of aliphatic hydroxyl groups is 1. The number of benzene rings is 1. The molecule has 2 heterocycles. The highest BCUT2D eigenvalue weighted by molar-refractivity contribution is 7.12. The van der Waals surface area contributed by atoms with Gasteiger partial charge < -0.3 is 5.11 Å². The number of hydrogen-bond donors (Lipinski definition) is 1. The zero-order valence-corrected chi connectivity index (χ0v) is 11.7. The van der Waals surface area contributed by atoms with Gasteiger partial charge in [-0.05, 0) is 49.7 Å². The second kappa shape index (κ2) is 4.76. The zero-order valence-electron chi connectivity index (χ0n) is 10.9. The van der Waals surface area contributed by atoms with Crippen molar-refractivity contribution in [2.45, 2.75) is 20.0 Å². The summed E-state index contributed by atoms with van der Waals surface area (Å²) in [6.07, 6.45) is -0.551. The molecular formula is C16H15NOS. The van der Waals surface area contributed by atoms with Gasteiger partial charge in [-0.2, -0.15) is 0 Å². The molecule has 0 bridgehead atoms. The van der Waals surface area contributed by atoms with Crippen molar-refractivity contribution >= 4 is 22.2 Å². The Morgan fingerprint density at radius 1 is 1.05 bits per heavy atom. The Morgan fingerprint density at radius 2 is 1.89 bits per heavy atom. The van der Waals surface area contributed by atoms with Crippen LogP contribution < -0.4 is 0 Å². The van der Waals surface area contributed by atoms with Gasteiger partial charge in [0.25, 0.3) is 0 Å². The average molecular weight is 269 g/mol. The number of aliphatic hydroxyl groups excluding tert-OH is 1. The third kappa shape index (κ3) is 2.39. The van der Waals surface area contributed by atoms with Gasteiger partial charge in [-0.1, -0.05) is 12.1 Å². The molecule has 2 aromatic heterocycles. The number of nitrogens with zero attached hydrogens (tertiary/aromatic N) is 1. The number of aromatic nitrogens is 1. The van der Waals surface area contributed by atoms with Crippen molar-refractivity contribution in [3.05, 3.63) is 63.5 Å². The lowest BCUT2D eigenvalue weighted by Crippen LogP contribution is -1.97. The van der Waals surface area contributed by atoms with Crippen LogP contribution in [0.25, 0.3) is 10.9 Å². The van der Waals surface area contributed by atoms with Crippen molar-refractivity contribution in [1.29, 1.82) is 0 Å². The molecule has 3 rings (SSSR count). The normalized spacial score (nSPS) is 12.8. The first-order valence-electron chi connectivity index (χ1n) is 6.25. The minimum atomic E-state index is -0.551. The van der Waals surface area contributed by atoms with Crippen LogP contribution in [0.15, 0.2) is 42.5 Å². The Kier molecular flexibility index (Phi) is 3.09. The van der Waals surface area contributed by atoms with Gasteiger partial charge in [0.2, 0.25) is 0 Å². The predicted molar refractivity (Wildman–Crippen MR) is 79.6 cm³/mol. The lowest BCUT2D eigenvalue weighted by Gasteiger charge is -2.10. The van der Waals surface area contributed by atoms with Gasteiger partial charge in [-0.3, -0.25) is 4.98 Å². The zero-order chi connectivity index (χ0) is 13.4. The molecule has 0 radical (unpaired) electrons. The molecule has 0 amide bonds. The summed E-state index contributed by atoms with van der Waals surface area (Å²) in [5.41, 5.74) is 2.90. The molecule has 3 aromatic rings. The molecule has 96 valence electrons. The second-order valence-corrected chi connectivity index (χ2v) is 6.08. The molecule has 0 saturated carbocycles. The lowest BCUT2D eigenvalue weighted by molar-refractivity contribution is 0.224. The van der Waals surface area contributed by atoms with E-state index >= 15 is 0 Å². The van der Waals surface area contributed by atoms with E-state index in [1.807, 2.05) is 56.3 Å². The number of pyridine rings is 1. The van der Waals surface area contributed by atoms with Crippen LogP contribution in [0.1, 0.15) is 27.1 Å². The summed E-state index contributed by atoms with van der Waals surface area (Å²) in [5.74, 6) is 0. The first kappa shape index (κ1) is 12.3. The molecule has 0 aliphatic heterocycles. The molecule has 0 saturated heterocycles. The fourth-order valence-corrected chi connectivity index (χ4v) is 3.07.